The average molecular weight is 317 g/mol. The van der Waals surface area contributed by atoms with Gasteiger partial charge in [0.25, 0.3) is 5.91 Å². The van der Waals surface area contributed by atoms with Gasteiger partial charge in [-0.2, -0.15) is 0 Å². The van der Waals surface area contributed by atoms with E-state index in [0.717, 1.165) is 11.3 Å². The molecule has 98 valence electrons. The molecular formula is C11H6Cl2N2O3S. The highest BCUT2D eigenvalue weighted by molar-refractivity contribution is 7.20. The molecule has 0 aliphatic rings. The number of halogens is 2. The molecule has 0 saturated carbocycles. The van der Waals surface area contributed by atoms with Crippen LogP contribution in [0.5, 0.6) is 0 Å². The average Bonchev–Trinajstić information content (AvgIpc) is 2.69. The number of hydrogen-bond donors (Lipinski definition) is 2. The van der Waals surface area contributed by atoms with E-state index in [1.807, 2.05) is 0 Å². The summed E-state index contributed by atoms with van der Waals surface area (Å²) >= 11 is 12.7. The third kappa shape index (κ3) is 3.23. The van der Waals surface area contributed by atoms with Crippen LogP contribution < -0.4 is 5.32 Å². The number of nitrogens with one attached hydrogen (secondary N) is 1. The molecular weight excluding hydrogens is 311 g/mol. The number of anilines is 1. The molecule has 0 atom stereocenters. The van der Waals surface area contributed by atoms with Crippen molar-refractivity contribution in [3.05, 3.63) is 44.3 Å². The van der Waals surface area contributed by atoms with Gasteiger partial charge in [0.05, 0.1) is 27.3 Å². The minimum absolute atomic E-state index is 0.0211. The Bertz CT molecular complexity index is 657. The van der Waals surface area contributed by atoms with E-state index < -0.39 is 11.9 Å². The maximum Gasteiger partial charge on any atom is 0.337 e. The SMILES string of the molecule is O=C(O)c1cncc(NC(=O)c2cc(Cl)sc2Cl)c1. The zero-order valence-electron chi connectivity index (χ0n) is 9.18. The zero-order chi connectivity index (χ0) is 14.0. The third-order valence-corrected chi connectivity index (χ3v) is 3.63. The van der Waals surface area contributed by atoms with Gasteiger partial charge < -0.3 is 10.4 Å². The van der Waals surface area contributed by atoms with E-state index in [9.17, 15) is 9.59 Å². The van der Waals surface area contributed by atoms with Crippen molar-refractivity contribution in [1.82, 2.24) is 4.98 Å². The van der Waals surface area contributed by atoms with Crippen LogP contribution in [0.4, 0.5) is 5.69 Å². The lowest BCUT2D eigenvalue weighted by molar-refractivity contribution is 0.0696. The number of nitrogens with zero attached hydrogens (tertiary/aromatic N) is 1. The molecule has 0 aliphatic heterocycles. The van der Waals surface area contributed by atoms with E-state index in [2.05, 4.69) is 10.3 Å². The van der Waals surface area contributed by atoms with E-state index in [1.165, 1.54) is 24.5 Å². The topological polar surface area (TPSA) is 79.3 Å². The van der Waals surface area contributed by atoms with Crippen LogP contribution in [0.25, 0.3) is 0 Å². The fraction of sp³-hybridized carbons (Fsp3) is 0. The minimum atomic E-state index is -1.12. The number of hydrogen-bond acceptors (Lipinski definition) is 4. The van der Waals surface area contributed by atoms with Crippen molar-refractivity contribution in [2.75, 3.05) is 5.32 Å². The molecule has 8 heteroatoms. The van der Waals surface area contributed by atoms with Crippen molar-refractivity contribution in [3.63, 3.8) is 0 Å². The fourth-order valence-corrected chi connectivity index (χ4v) is 2.78. The molecule has 19 heavy (non-hydrogen) atoms. The molecule has 0 spiro atoms. The molecule has 2 aromatic heterocycles. The molecule has 0 bridgehead atoms. The molecule has 0 aromatic carbocycles. The first-order valence-corrected chi connectivity index (χ1v) is 6.49. The summed E-state index contributed by atoms with van der Waals surface area (Å²) in [4.78, 5) is 26.4. The van der Waals surface area contributed by atoms with Gasteiger partial charge in [-0.05, 0) is 12.1 Å². The Kier molecular flexibility index (Phi) is 4.04. The van der Waals surface area contributed by atoms with E-state index in [-0.39, 0.29) is 21.2 Å². The van der Waals surface area contributed by atoms with Crippen LogP contribution in [-0.2, 0) is 0 Å². The van der Waals surface area contributed by atoms with Crippen molar-refractivity contribution in [2.45, 2.75) is 0 Å². The first kappa shape index (κ1) is 13.8. The quantitative estimate of drug-likeness (QED) is 0.909. The zero-order valence-corrected chi connectivity index (χ0v) is 11.5. The van der Waals surface area contributed by atoms with E-state index in [4.69, 9.17) is 28.3 Å². The maximum atomic E-state index is 11.9. The van der Waals surface area contributed by atoms with Crippen LogP contribution >= 0.6 is 34.5 Å². The van der Waals surface area contributed by atoms with Crippen LogP contribution in [0, 0.1) is 0 Å². The first-order valence-electron chi connectivity index (χ1n) is 4.92. The van der Waals surface area contributed by atoms with Crippen LogP contribution in [0.3, 0.4) is 0 Å². The lowest BCUT2D eigenvalue weighted by atomic mass is 10.2. The molecule has 2 N–H and O–H groups in total. The largest absolute Gasteiger partial charge is 0.478 e. The molecule has 0 saturated heterocycles. The van der Waals surface area contributed by atoms with Crippen molar-refractivity contribution in [3.8, 4) is 0 Å². The normalized spacial score (nSPS) is 10.2. The highest BCUT2D eigenvalue weighted by atomic mass is 35.5. The van der Waals surface area contributed by atoms with Gasteiger partial charge in [-0.1, -0.05) is 23.2 Å². The lowest BCUT2D eigenvalue weighted by Crippen LogP contribution is -2.12. The molecule has 0 aliphatic carbocycles. The summed E-state index contributed by atoms with van der Waals surface area (Å²) in [5.41, 5.74) is 0.480. The molecule has 2 aromatic rings. The molecule has 0 fully saturated rings. The number of carboxylic acids is 1. The predicted octanol–water partition coefficient (Wildman–Crippen LogP) is 3.40. The number of amides is 1. The standard InChI is InChI=1S/C11H6Cl2N2O3S/c12-8-2-7(9(13)19-8)10(16)15-6-1-5(11(17)18)3-14-4-6/h1-4H,(H,15,16)(H,17,18). The Morgan fingerprint density at radius 2 is 2.00 bits per heavy atom. The van der Waals surface area contributed by atoms with E-state index in [1.54, 1.807) is 0 Å². The van der Waals surface area contributed by atoms with Crippen molar-refractivity contribution in [1.29, 1.82) is 0 Å². The molecule has 5 nitrogen and oxygen atoms in total. The van der Waals surface area contributed by atoms with Gasteiger partial charge in [0, 0.05) is 6.20 Å². The second kappa shape index (κ2) is 5.56. The molecule has 2 heterocycles. The van der Waals surface area contributed by atoms with Crippen molar-refractivity contribution >= 4 is 52.1 Å². The maximum absolute atomic E-state index is 11.9. The van der Waals surface area contributed by atoms with Gasteiger partial charge in [0.2, 0.25) is 0 Å². The number of aromatic nitrogens is 1. The van der Waals surface area contributed by atoms with Crippen molar-refractivity contribution in [2.24, 2.45) is 0 Å². The molecule has 0 radical (unpaired) electrons. The summed E-state index contributed by atoms with van der Waals surface area (Å²) in [6, 6.07) is 2.74. The molecule has 1 amide bonds. The van der Waals surface area contributed by atoms with Gasteiger partial charge in [-0.15, -0.1) is 11.3 Å². The van der Waals surface area contributed by atoms with Gasteiger partial charge in [0.15, 0.2) is 0 Å². The second-order valence-electron chi connectivity index (χ2n) is 3.46. The lowest BCUT2D eigenvalue weighted by Gasteiger charge is -2.04. The summed E-state index contributed by atoms with van der Waals surface area (Å²) < 4.78 is 0.664. The summed E-state index contributed by atoms with van der Waals surface area (Å²) in [6.07, 6.45) is 2.53. The van der Waals surface area contributed by atoms with Gasteiger partial charge in [-0.25, -0.2) is 4.79 Å². The Morgan fingerprint density at radius 1 is 1.26 bits per heavy atom. The smallest absolute Gasteiger partial charge is 0.337 e. The van der Waals surface area contributed by atoms with E-state index >= 15 is 0 Å². The Hall–Kier alpha value is -1.63. The molecule has 2 rings (SSSR count). The number of rotatable bonds is 3. The Morgan fingerprint density at radius 3 is 2.58 bits per heavy atom. The summed E-state index contributed by atoms with van der Waals surface area (Å²) in [5.74, 6) is -1.60. The fourth-order valence-electron chi connectivity index (χ4n) is 1.32. The summed E-state index contributed by atoms with van der Waals surface area (Å²) in [6.45, 7) is 0. The van der Waals surface area contributed by atoms with E-state index in [0.29, 0.717) is 4.34 Å². The number of carbonyl (C=O) groups is 2. The minimum Gasteiger partial charge on any atom is -0.478 e. The van der Waals surface area contributed by atoms with Crippen LogP contribution in [0.1, 0.15) is 20.7 Å². The van der Waals surface area contributed by atoms with Crippen molar-refractivity contribution < 1.29 is 14.7 Å². The second-order valence-corrected chi connectivity index (χ2v) is 5.75. The molecule has 0 unspecified atom stereocenters. The Labute approximate surface area is 121 Å². The number of aromatic carboxylic acids is 1. The summed E-state index contributed by atoms with van der Waals surface area (Å²) in [5, 5.41) is 11.3. The van der Waals surface area contributed by atoms with Gasteiger partial charge >= 0.3 is 5.97 Å². The monoisotopic (exact) mass is 316 g/mol. The van der Waals surface area contributed by atoms with Gasteiger partial charge in [-0.3, -0.25) is 9.78 Å². The predicted molar refractivity (Wildman–Crippen MR) is 73.5 cm³/mol. The van der Waals surface area contributed by atoms with Crippen LogP contribution in [0.2, 0.25) is 8.67 Å². The highest BCUT2D eigenvalue weighted by Crippen LogP contribution is 2.31. The summed E-state index contributed by atoms with van der Waals surface area (Å²) in [7, 11) is 0. The first-order chi connectivity index (χ1) is 8.97. The third-order valence-electron chi connectivity index (χ3n) is 2.14. The van der Waals surface area contributed by atoms with Gasteiger partial charge in [0.1, 0.15) is 4.34 Å². The number of carboxylic acid groups (broad SMARTS) is 1. The number of pyridine rings is 1. The highest BCUT2D eigenvalue weighted by Gasteiger charge is 2.15. The van der Waals surface area contributed by atoms with Crippen LogP contribution in [0.15, 0.2) is 24.5 Å². The van der Waals surface area contributed by atoms with Crippen LogP contribution in [-0.4, -0.2) is 22.0 Å². The number of carbonyl (C=O) groups excluding carboxylic acids is 1. The Balaban J connectivity index is 2.21. The number of thiophene rings is 1.